The highest BCUT2D eigenvalue weighted by Crippen LogP contribution is 2.23. The van der Waals surface area contributed by atoms with Crippen molar-refractivity contribution in [3.05, 3.63) is 23.8 Å². The largest absolute Gasteiger partial charge is 0.491 e. The van der Waals surface area contributed by atoms with Crippen molar-refractivity contribution < 1.29 is 9.53 Å². The molecule has 3 N–H and O–H groups in total. The fourth-order valence-corrected chi connectivity index (χ4v) is 1.76. The van der Waals surface area contributed by atoms with Gasteiger partial charge in [-0.2, -0.15) is 0 Å². The Morgan fingerprint density at radius 3 is 2.75 bits per heavy atom. The smallest absolute Gasteiger partial charge is 0.220 e. The van der Waals surface area contributed by atoms with Crippen LogP contribution in [-0.2, 0) is 11.2 Å². The fraction of sp³-hybridized carbons (Fsp3) is 0.562. The van der Waals surface area contributed by atoms with E-state index < -0.39 is 0 Å². The first kappa shape index (κ1) is 16.3. The van der Waals surface area contributed by atoms with E-state index in [9.17, 15) is 4.79 Å². The molecule has 1 aromatic rings. The van der Waals surface area contributed by atoms with Crippen LogP contribution >= 0.6 is 0 Å². The summed E-state index contributed by atoms with van der Waals surface area (Å²) in [4.78, 5) is 11.6. The number of ether oxygens (including phenoxy) is 1. The van der Waals surface area contributed by atoms with E-state index in [4.69, 9.17) is 10.5 Å². The Hall–Kier alpha value is -1.71. The Morgan fingerprint density at radius 1 is 1.40 bits per heavy atom. The average molecular weight is 278 g/mol. The van der Waals surface area contributed by atoms with Crippen molar-refractivity contribution in [1.82, 2.24) is 5.32 Å². The Kier molecular flexibility index (Phi) is 6.91. The second kappa shape index (κ2) is 8.46. The van der Waals surface area contributed by atoms with Crippen LogP contribution in [0.25, 0.3) is 0 Å². The van der Waals surface area contributed by atoms with Gasteiger partial charge >= 0.3 is 0 Å². The zero-order valence-corrected chi connectivity index (χ0v) is 12.7. The summed E-state index contributed by atoms with van der Waals surface area (Å²) < 4.78 is 5.53. The summed E-state index contributed by atoms with van der Waals surface area (Å²) in [6.45, 7) is 7.61. The quantitative estimate of drug-likeness (QED) is 0.719. The number of carbonyl (C=O) groups is 1. The number of carbonyl (C=O) groups excluding carboxylic acids is 1. The van der Waals surface area contributed by atoms with Crippen molar-refractivity contribution in [2.24, 2.45) is 5.92 Å². The molecule has 0 saturated heterocycles. The maximum absolute atomic E-state index is 11.6. The SMILES string of the molecule is CCCOc1ccc(CCC(=O)NCC(C)C)cc1N. The van der Waals surface area contributed by atoms with Crippen LogP contribution in [0.5, 0.6) is 5.75 Å². The summed E-state index contributed by atoms with van der Waals surface area (Å²) in [5, 5.41) is 2.91. The number of amides is 1. The molecule has 0 radical (unpaired) electrons. The molecular weight excluding hydrogens is 252 g/mol. The standard InChI is InChI=1S/C16H26N2O2/c1-4-9-20-15-7-5-13(10-14(15)17)6-8-16(19)18-11-12(2)3/h5,7,10,12H,4,6,8-9,11,17H2,1-3H3,(H,18,19). The third-order valence-corrected chi connectivity index (χ3v) is 2.88. The average Bonchev–Trinajstić information content (AvgIpc) is 2.41. The van der Waals surface area contributed by atoms with Crippen LogP contribution < -0.4 is 15.8 Å². The van der Waals surface area contributed by atoms with Crippen molar-refractivity contribution in [2.75, 3.05) is 18.9 Å². The molecule has 0 heterocycles. The monoisotopic (exact) mass is 278 g/mol. The van der Waals surface area contributed by atoms with Gasteiger partial charge < -0.3 is 15.8 Å². The molecule has 0 atom stereocenters. The second-order valence-electron chi connectivity index (χ2n) is 5.42. The molecule has 0 aliphatic rings. The van der Waals surface area contributed by atoms with E-state index in [0.717, 1.165) is 24.3 Å². The van der Waals surface area contributed by atoms with Gasteiger partial charge in [0, 0.05) is 13.0 Å². The van der Waals surface area contributed by atoms with E-state index in [1.165, 1.54) is 0 Å². The molecule has 0 unspecified atom stereocenters. The van der Waals surface area contributed by atoms with Crippen LogP contribution in [-0.4, -0.2) is 19.1 Å². The molecule has 0 spiro atoms. The van der Waals surface area contributed by atoms with Gasteiger partial charge in [-0.1, -0.05) is 26.8 Å². The van der Waals surface area contributed by atoms with Crippen molar-refractivity contribution in [1.29, 1.82) is 0 Å². The summed E-state index contributed by atoms with van der Waals surface area (Å²) in [7, 11) is 0. The number of aryl methyl sites for hydroxylation is 1. The first-order chi connectivity index (χ1) is 9.52. The fourth-order valence-electron chi connectivity index (χ4n) is 1.76. The molecule has 112 valence electrons. The predicted octanol–water partition coefficient (Wildman–Crippen LogP) is 2.76. The topological polar surface area (TPSA) is 64.3 Å². The maximum atomic E-state index is 11.6. The van der Waals surface area contributed by atoms with Gasteiger partial charge in [0.2, 0.25) is 5.91 Å². The van der Waals surface area contributed by atoms with E-state index in [1.807, 2.05) is 18.2 Å². The molecule has 1 amide bonds. The summed E-state index contributed by atoms with van der Waals surface area (Å²) in [6.07, 6.45) is 2.14. The lowest BCUT2D eigenvalue weighted by molar-refractivity contribution is -0.121. The molecule has 1 rings (SSSR count). The van der Waals surface area contributed by atoms with Gasteiger partial charge in [0.15, 0.2) is 0 Å². The normalized spacial score (nSPS) is 10.6. The van der Waals surface area contributed by atoms with Crippen LogP contribution in [0.15, 0.2) is 18.2 Å². The van der Waals surface area contributed by atoms with E-state index in [-0.39, 0.29) is 5.91 Å². The number of hydrogen-bond donors (Lipinski definition) is 2. The predicted molar refractivity (Wildman–Crippen MR) is 82.8 cm³/mol. The summed E-state index contributed by atoms with van der Waals surface area (Å²) in [6, 6.07) is 5.74. The first-order valence-corrected chi connectivity index (χ1v) is 7.30. The number of hydrogen-bond acceptors (Lipinski definition) is 3. The van der Waals surface area contributed by atoms with Gasteiger partial charge in [0.05, 0.1) is 12.3 Å². The van der Waals surface area contributed by atoms with E-state index in [2.05, 4.69) is 26.1 Å². The third kappa shape index (κ3) is 5.95. The minimum absolute atomic E-state index is 0.0866. The second-order valence-corrected chi connectivity index (χ2v) is 5.42. The Balaban J connectivity index is 2.44. The number of nitrogens with two attached hydrogens (primary N) is 1. The van der Waals surface area contributed by atoms with Crippen LogP contribution in [0, 0.1) is 5.92 Å². The minimum atomic E-state index is 0.0866. The lowest BCUT2D eigenvalue weighted by Gasteiger charge is -2.10. The van der Waals surface area contributed by atoms with Gasteiger partial charge in [-0.25, -0.2) is 0 Å². The van der Waals surface area contributed by atoms with Crippen molar-refractivity contribution in [2.45, 2.75) is 40.0 Å². The number of nitrogens with one attached hydrogen (secondary N) is 1. The molecule has 0 fully saturated rings. The Bertz CT molecular complexity index is 430. The van der Waals surface area contributed by atoms with Crippen molar-refractivity contribution >= 4 is 11.6 Å². The molecule has 0 bridgehead atoms. The summed E-state index contributed by atoms with van der Waals surface area (Å²) in [5.41, 5.74) is 7.64. The zero-order valence-electron chi connectivity index (χ0n) is 12.7. The van der Waals surface area contributed by atoms with E-state index in [0.29, 0.717) is 31.1 Å². The molecule has 0 aromatic heterocycles. The highest BCUT2D eigenvalue weighted by atomic mass is 16.5. The van der Waals surface area contributed by atoms with Crippen LogP contribution in [0.1, 0.15) is 39.2 Å². The molecule has 4 heteroatoms. The maximum Gasteiger partial charge on any atom is 0.220 e. The third-order valence-electron chi connectivity index (χ3n) is 2.88. The number of rotatable bonds is 8. The van der Waals surface area contributed by atoms with Crippen molar-refractivity contribution in [3.63, 3.8) is 0 Å². The van der Waals surface area contributed by atoms with Gasteiger partial charge in [-0.3, -0.25) is 4.79 Å². The summed E-state index contributed by atoms with van der Waals surface area (Å²) >= 11 is 0. The summed E-state index contributed by atoms with van der Waals surface area (Å²) in [5.74, 6) is 1.29. The molecular formula is C16H26N2O2. The van der Waals surface area contributed by atoms with Gasteiger partial charge in [-0.05, 0) is 36.5 Å². The first-order valence-electron chi connectivity index (χ1n) is 7.30. The molecule has 20 heavy (non-hydrogen) atoms. The Labute approximate surface area is 121 Å². The minimum Gasteiger partial charge on any atom is -0.491 e. The lowest BCUT2D eigenvalue weighted by Crippen LogP contribution is -2.27. The Morgan fingerprint density at radius 2 is 2.15 bits per heavy atom. The molecule has 0 saturated carbocycles. The number of anilines is 1. The zero-order chi connectivity index (χ0) is 15.0. The highest BCUT2D eigenvalue weighted by Gasteiger charge is 2.05. The van der Waals surface area contributed by atoms with Crippen LogP contribution in [0.2, 0.25) is 0 Å². The number of nitrogen functional groups attached to an aromatic ring is 1. The van der Waals surface area contributed by atoms with Crippen LogP contribution in [0.4, 0.5) is 5.69 Å². The highest BCUT2D eigenvalue weighted by molar-refractivity contribution is 5.76. The molecule has 0 aliphatic carbocycles. The van der Waals surface area contributed by atoms with Gasteiger partial charge in [-0.15, -0.1) is 0 Å². The number of benzene rings is 1. The molecule has 0 aliphatic heterocycles. The lowest BCUT2D eigenvalue weighted by atomic mass is 10.1. The van der Waals surface area contributed by atoms with Crippen molar-refractivity contribution in [3.8, 4) is 5.75 Å². The van der Waals surface area contributed by atoms with Crippen LogP contribution in [0.3, 0.4) is 0 Å². The van der Waals surface area contributed by atoms with E-state index >= 15 is 0 Å². The molecule has 1 aromatic carbocycles. The van der Waals surface area contributed by atoms with E-state index in [1.54, 1.807) is 0 Å². The molecule has 4 nitrogen and oxygen atoms in total. The van der Waals surface area contributed by atoms with Gasteiger partial charge in [0.25, 0.3) is 0 Å². The van der Waals surface area contributed by atoms with Gasteiger partial charge in [0.1, 0.15) is 5.75 Å².